The number of halogens is 3. The molecule has 1 N–H and O–H groups in total. The van der Waals surface area contributed by atoms with E-state index in [2.05, 4.69) is 10.3 Å². The van der Waals surface area contributed by atoms with Gasteiger partial charge >= 0.3 is 6.18 Å². The van der Waals surface area contributed by atoms with E-state index in [9.17, 15) is 13.2 Å². The zero-order valence-electron chi connectivity index (χ0n) is 10.2. The zero-order chi connectivity index (χ0) is 13.5. The number of hydrogen-bond donors (Lipinski definition) is 1. The van der Waals surface area contributed by atoms with Gasteiger partial charge in [0.15, 0.2) is 0 Å². The molecule has 0 bridgehead atoms. The first kappa shape index (κ1) is 12.5. The van der Waals surface area contributed by atoms with Gasteiger partial charge in [0.05, 0.1) is 22.9 Å². The maximum atomic E-state index is 13.1. The van der Waals surface area contributed by atoms with Crippen molar-refractivity contribution in [2.75, 3.05) is 13.1 Å². The van der Waals surface area contributed by atoms with Crippen LogP contribution in [0.15, 0.2) is 24.5 Å². The van der Waals surface area contributed by atoms with Crippen LogP contribution >= 0.6 is 0 Å². The minimum Gasteiger partial charge on any atom is -0.327 e. The van der Waals surface area contributed by atoms with Crippen LogP contribution < -0.4 is 5.32 Å². The molecule has 1 aromatic carbocycles. The van der Waals surface area contributed by atoms with Crippen LogP contribution in [0.5, 0.6) is 0 Å². The molecule has 102 valence electrons. The minimum atomic E-state index is -4.34. The molecule has 0 amide bonds. The van der Waals surface area contributed by atoms with E-state index in [1.807, 2.05) is 0 Å². The Morgan fingerprint density at radius 1 is 1.21 bits per heavy atom. The topological polar surface area (TPSA) is 29.9 Å². The number of alkyl halides is 3. The van der Waals surface area contributed by atoms with Gasteiger partial charge in [-0.05, 0) is 38.1 Å². The molecule has 1 aromatic heterocycles. The van der Waals surface area contributed by atoms with E-state index >= 15 is 0 Å². The SMILES string of the molecule is FC(F)(F)c1cccc2ncn(C3CCNCC3)c12. The molecule has 2 aromatic rings. The maximum absolute atomic E-state index is 13.1. The highest BCUT2D eigenvalue weighted by Gasteiger charge is 2.34. The predicted octanol–water partition coefficient (Wildman–Crippen LogP) is 2.98. The van der Waals surface area contributed by atoms with E-state index < -0.39 is 11.7 Å². The number of rotatable bonds is 1. The number of fused-ring (bicyclic) bond motifs is 1. The van der Waals surface area contributed by atoms with Gasteiger partial charge in [0.25, 0.3) is 0 Å². The molecule has 0 radical (unpaired) electrons. The molecular weight excluding hydrogens is 255 g/mol. The minimum absolute atomic E-state index is 0.0924. The molecule has 1 fully saturated rings. The molecule has 1 aliphatic rings. The lowest BCUT2D eigenvalue weighted by atomic mass is 10.1. The van der Waals surface area contributed by atoms with Crippen molar-refractivity contribution >= 4 is 11.0 Å². The number of piperidine rings is 1. The molecule has 19 heavy (non-hydrogen) atoms. The fourth-order valence-electron chi connectivity index (χ4n) is 2.68. The number of imidazole rings is 1. The average molecular weight is 269 g/mol. The van der Waals surface area contributed by atoms with Gasteiger partial charge in [-0.25, -0.2) is 4.98 Å². The quantitative estimate of drug-likeness (QED) is 0.862. The molecule has 0 spiro atoms. The lowest BCUT2D eigenvalue weighted by Crippen LogP contribution is -2.29. The van der Waals surface area contributed by atoms with Gasteiger partial charge in [0.2, 0.25) is 0 Å². The third kappa shape index (κ3) is 2.20. The van der Waals surface area contributed by atoms with Gasteiger partial charge in [-0.3, -0.25) is 0 Å². The number of aromatic nitrogens is 2. The second kappa shape index (κ2) is 4.52. The summed E-state index contributed by atoms with van der Waals surface area (Å²) in [6, 6.07) is 4.25. The van der Waals surface area contributed by atoms with Gasteiger partial charge in [-0.2, -0.15) is 13.2 Å². The molecule has 6 heteroatoms. The third-order valence-electron chi connectivity index (χ3n) is 3.60. The van der Waals surface area contributed by atoms with Crippen LogP contribution in [-0.4, -0.2) is 22.6 Å². The summed E-state index contributed by atoms with van der Waals surface area (Å²) in [4.78, 5) is 4.11. The first-order valence-corrected chi connectivity index (χ1v) is 6.31. The summed E-state index contributed by atoms with van der Waals surface area (Å²) < 4.78 is 41.0. The summed E-state index contributed by atoms with van der Waals surface area (Å²) >= 11 is 0. The molecular formula is C13H14F3N3. The Morgan fingerprint density at radius 3 is 2.63 bits per heavy atom. The van der Waals surface area contributed by atoms with E-state index in [1.54, 1.807) is 10.6 Å². The van der Waals surface area contributed by atoms with Crippen molar-refractivity contribution in [2.24, 2.45) is 0 Å². The maximum Gasteiger partial charge on any atom is 0.418 e. The lowest BCUT2D eigenvalue weighted by molar-refractivity contribution is -0.136. The van der Waals surface area contributed by atoms with E-state index in [0.29, 0.717) is 5.52 Å². The fourth-order valence-corrected chi connectivity index (χ4v) is 2.68. The second-order valence-corrected chi connectivity index (χ2v) is 4.80. The normalized spacial score (nSPS) is 18.1. The van der Waals surface area contributed by atoms with Crippen molar-refractivity contribution in [1.82, 2.24) is 14.9 Å². The van der Waals surface area contributed by atoms with Crippen LogP contribution in [0.2, 0.25) is 0 Å². The smallest absolute Gasteiger partial charge is 0.327 e. The summed E-state index contributed by atoms with van der Waals surface area (Å²) in [5.41, 5.74) is 0.0243. The average Bonchev–Trinajstić information content (AvgIpc) is 2.82. The Labute approximate surface area is 108 Å². The van der Waals surface area contributed by atoms with Gasteiger partial charge in [-0.15, -0.1) is 0 Å². The molecule has 0 aliphatic carbocycles. The number of nitrogens with zero attached hydrogens (tertiary/aromatic N) is 2. The Bertz CT molecular complexity index is 582. The summed E-state index contributed by atoms with van der Waals surface area (Å²) in [7, 11) is 0. The Morgan fingerprint density at radius 2 is 1.95 bits per heavy atom. The van der Waals surface area contributed by atoms with Crippen LogP contribution in [0, 0.1) is 0 Å². The van der Waals surface area contributed by atoms with Crippen LogP contribution in [0.1, 0.15) is 24.4 Å². The summed E-state index contributed by atoms with van der Waals surface area (Å²) in [6.07, 6.45) is -1.14. The molecule has 0 saturated carbocycles. The highest BCUT2D eigenvalue weighted by atomic mass is 19.4. The summed E-state index contributed by atoms with van der Waals surface area (Å²) in [5.74, 6) is 0. The Hall–Kier alpha value is -1.56. The number of benzene rings is 1. The Kier molecular flexibility index (Phi) is 2.97. The van der Waals surface area contributed by atoms with Crippen LogP contribution in [0.25, 0.3) is 11.0 Å². The standard InChI is InChI=1S/C13H14F3N3/c14-13(15,16)10-2-1-3-11-12(10)19(8-18-11)9-4-6-17-7-5-9/h1-3,8-9,17H,4-7H2. The van der Waals surface area contributed by atoms with Gasteiger partial charge < -0.3 is 9.88 Å². The summed E-state index contributed by atoms with van der Waals surface area (Å²) in [5, 5.41) is 3.21. The molecule has 1 saturated heterocycles. The fraction of sp³-hybridized carbons (Fsp3) is 0.462. The van der Waals surface area contributed by atoms with Crippen LogP contribution in [-0.2, 0) is 6.18 Å². The third-order valence-corrected chi connectivity index (χ3v) is 3.60. The number of hydrogen-bond acceptors (Lipinski definition) is 2. The zero-order valence-corrected chi connectivity index (χ0v) is 10.2. The first-order chi connectivity index (χ1) is 9.07. The summed E-state index contributed by atoms with van der Waals surface area (Å²) in [6.45, 7) is 1.66. The first-order valence-electron chi connectivity index (χ1n) is 6.31. The van der Waals surface area contributed by atoms with E-state index in [1.165, 1.54) is 12.4 Å². The second-order valence-electron chi connectivity index (χ2n) is 4.80. The molecule has 0 unspecified atom stereocenters. The van der Waals surface area contributed by atoms with E-state index in [0.717, 1.165) is 32.0 Å². The van der Waals surface area contributed by atoms with Crippen molar-refractivity contribution in [3.63, 3.8) is 0 Å². The van der Waals surface area contributed by atoms with Crippen molar-refractivity contribution in [1.29, 1.82) is 0 Å². The molecule has 0 atom stereocenters. The van der Waals surface area contributed by atoms with Crippen LogP contribution in [0.3, 0.4) is 0 Å². The van der Waals surface area contributed by atoms with Crippen molar-refractivity contribution < 1.29 is 13.2 Å². The molecule has 1 aliphatic heterocycles. The van der Waals surface area contributed by atoms with Gasteiger partial charge in [0.1, 0.15) is 0 Å². The lowest BCUT2D eigenvalue weighted by Gasteiger charge is -2.25. The monoisotopic (exact) mass is 269 g/mol. The van der Waals surface area contributed by atoms with Gasteiger partial charge in [-0.1, -0.05) is 6.07 Å². The van der Waals surface area contributed by atoms with E-state index in [-0.39, 0.29) is 11.6 Å². The molecule has 2 heterocycles. The van der Waals surface area contributed by atoms with Gasteiger partial charge in [0, 0.05) is 6.04 Å². The van der Waals surface area contributed by atoms with Crippen molar-refractivity contribution in [3.05, 3.63) is 30.1 Å². The van der Waals surface area contributed by atoms with E-state index in [4.69, 9.17) is 0 Å². The molecule has 3 rings (SSSR count). The molecule has 3 nitrogen and oxygen atoms in total. The number of para-hydroxylation sites is 1. The predicted molar refractivity (Wildman–Crippen MR) is 65.9 cm³/mol. The van der Waals surface area contributed by atoms with Crippen LogP contribution in [0.4, 0.5) is 13.2 Å². The highest BCUT2D eigenvalue weighted by Crippen LogP contribution is 2.36. The largest absolute Gasteiger partial charge is 0.418 e. The Balaban J connectivity index is 2.15. The van der Waals surface area contributed by atoms with Crippen molar-refractivity contribution in [2.45, 2.75) is 25.1 Å². The highest BCUT2D eigenvalue weighted by molar-refractivity contribution is 5.79. The number of nitrogens with one attached hydrogen (secondary N) is 1. The van der Waals surface area contributed by atoms with Crippen molar-refractivity contribution in [3.8, 4) is 0 Å².